The lowest BCUT2D eigenvalue weighted by Gasteiger charge is -2.24. The molecule has 0 aliphatic rings. The smallest absolute Gasteiger partial charge is 0.335 e. The molecule has 0 radical (unpaired) electrons. The molecule has 5 heteroatoms. The van der Waals surface area contributed by atoms with Crippen LogP contribution >= 0.6 is 0 Å². The van der Waals surface area contributed by atoms with Crippen molar-refractivity contribution in [2.75, 3.05) is 18.0 Å². The molecule has 2 aromatic carbocycles. The van der Waals surface area contributed by atoms with Crippen molar-refractivity contribution in [3.63, 3.8) is 0 Å². The van der Waals surface area contributed by atoms with Crippen LogP contribution in [-0.2, 0) is 0 Å². The number of carbonyl (C=O) groups is 1. The monoisotopic (exact) mass is 338 g/mol. The van der Waals surface area contributed by atoms with E-state index in [1.807, 2.05) is 6.07 Å². The van der Waals surface area contributed by atoms with Gasteiger partial charge < -0.3 is 10.0 Å². The normalized spacial score (nSPS) is 10.8. The Morgan fingerprint density at radius 1 is 1.08 bits per heavy atom. The molecule has 0 aliphatic carbocycles. The summed E-state index contributed by atoms with van der Waals surface area (Å²) < 4.78 is 13.3. The van der Waals surface area contributed by atoms with Gasteiger partial charge >= 0.3 is 5.97 Å². The summed E-state index contributed by atoms with van der Waals surface area (Å²) >= 11 is 0. The number of rotatable bonds is 5. The van der Waals surface area contributed by atoms with Crippen molar-refractivity contribution >= 4 is 22.6 Å². The van der Waals surface area contributed by atoms with Gasteiger partial charge in [-0.05, 0) is 62.4 Å². The molecule has 1 heterocycles. The minimum Gasteiger partial charge on any atom is -0.478 e. The number of hydrogen-bond donors (Lipinski definition) is 1. The highest BCUT2D eigenvalue weighted by Gasteiger charge is 2.15. The molecular formula is C20H19FN2O2. The van der Waals surface area contributed by atoms with E-state index in [-0.39, 0.29) is 11.4 Å². The lowest BCUT2D eigenvalue weighted by Crippen LogP contribution is -2.23. The molecule has 0 fully saturated rings. The van der Waals surface area contributed by atoms with Crippen molar-refractivity contribution in [1.82, 2.24) is 4.98 Å². The van der Waals surface area contributed by atoms with Crippen LogP contribution in [0.1, 0.15) is 24.2 Å². The molecule has 0 saturated carbocycles. The van der Waals surface area contributed by atoms with Gasteiger partial charge in [-0.15, -0.1) is 0 Å². The van der Waals surface area contributed by atoms with Gasteiger partial charge in [0.15, 0.2) is 0 Å². The van der Waals surface area contributed by atoms with Crippen LogP contribution in [0.2, 0.25) is 0 Å². The van der Waals surface area contributed by atoms with Crippen LogP contribution in [0.15, 0.2) is 48.5 Å². The summed E-state index contributed by atoms with van der Waals surface area (Å²) in [6, 6.07) is 13.1. The summed E-state index contributed by atoms with van der Waals surface area (Å²) in [4.78, 5) is 18.1. The Balaban J connectivity index is 2.25. The molecule has 1 aromatic heterocycles. The molecular weight excluding hydrogens is 319 g/mol. The lowest BCUT2D eigenvalue weighted by molar-refractivity contribution is 0.0697. The van der Waals surface area contributed by atoms with Gasteiger partial charge in [0.2, 0.25) is 0 Å². The Kier molecular flexibility index (Phi) is 4.65. The Labute approximate surface area is 145 Å². The number of fused-ring (bicyclic) bond motifs is 1. The molecule has 0 bridgehead atoms. The number of anilines is 1. The molecule has 0 spiro atoms. The quantitative estimate of drug-likeness (QED) is 0.739. The minimum absolute atomic E-state index is 0.231. The fourth-order valence-corrected chi connectivity index (χ4v) is 2.92. The molecule has 25 heavy (non-hydrogen) atoms. The van der Waals surface area contributed by atoms with Crippen LogP contribution in [0.3, 0.4) is 0 Å². The van der Waals surface area contributed by atoms with Gasteiger partial charge in [-0.3, -0.25) is 0 Å². The number of nitrogens with zero attached hydrogens (tertiary/aromatic N) is 2. The second-order valence-corrected chi connectivity index (χ2v) is 5.75. The molecule has 0 atom stereocenters. The topological polar surface area (TPSA) is 53.4 Å². The predicted octanol–water partition coefficient (Wildman–Crippen LogP) is 4.59. The summed E-state index contributed by atoms with van der Waals surface area (Å²) in [5.74, 6) is -1.26. The summed E-state index contributed by atoms with van der Waals surface area (Å²) in [6.07, 6.45) is 0. The average Bonchev–Trinajstić information content (AvgIpc) is 2.62. The third kappa shape index (κ3) is 3.31. The highest BCUT2D eigenvalue weighted by atomic mass is 19.1. The molecule has 0 aliphatic heterocycles. The Bertz CT molecular complexity index is 919. The molecule has 0 saturated heterocycles. The van der Waals surface area contributed by atoms with Crippen LogP contribution in [0.4, 0.5) is 10.1 Å². The first-order chi connectivity index (χ1) is 12.0. The van der Waals surface area contributed by atoms with E-state index in [0.29, 0.717) is 5.52 Å². The van der Waals surface area contributed by atoms with Crippen LogP contribution in [0.5, 0.6) is 0 Å². The summed E-state index contributed by atoms with van der Waals surface area (Å²) in [5.41, 5.74) is 3.44. The number of carboxylic acids is 1. The largest absolute Gasteiger partial charge is 0.478 e. The number of aromatic carboxylic acids is 1. The number of halogens is 1. The fourth-order valence-electron chi connectivity index (χ4n) is 2.92. The van der Waals surface area contributed by atoms with Gasteiger partial charge in [0.1, 0.15) is 5.82 Å². The van der Waals surface area contributed by atoms with Crippen LogP contribution in [-0.4, -0.2) is 29.1 Å². The molecule has 0 amide bonds. The number of carboxylic acid groups (broad SMARTS) is 1. The minimum atomic E-state index is -0.964. The third-order valence-electron chi connectivity index (χ3n) is 4.26. The van der Waals surface area contributed by atoms with Gasteiger partial charge in [0.05, 0.1) is 22.5 Å². The van der Waals surface area contributed by atoms with E-state index < -0.39 is 5.97 Å². The zero-order chi connectivity index (χ0) is 18.0. The van der Waals surface area contributed by atoms with Crippen LogP contribution in [0.25, 0.3) is 22.2 Å². The third-order valence-corrected chi connectivity index (χ3v) is 4.26. The molecule has 128 valence electrons. The van der Waals surface area contributed by atoms with Gasteiger partial charge in [0.25, 0.3) is 0 Å². The Morgan fingerprint density at radius 2 is 1.76 bits per heavy atom. The zero-order valence-electron chi connectivity index (χ0n) is 14.2. The Morgan fingerprint density at radius 3 is 2.36 bits per heavy atom. The first-order valence-electron chi connectivity index (χ1n) is 8.22. The number of pyridine rings is 1. The lowest BCUT2D eigenvalue weighted by atomic mass is 10.0. The SMILES string of the molecule is CCN(CC)c1cc2cc(C(=O)O)ccc2nc1-c1ccc(F)cc1. The summed E-state index contributed by atoms with van der Waals surface area (Å²) in [6.45, 7) is 5.68. The first kappa shape index (κ1) is 16.9. The van der Waals surface area contributed by atoms with E-state index in [0.717, 1.165) is 35.4 Å². The van der Waals surface area contributed by atoms with Crippen molar-refractivity contribution in [1.29, 1.82) is 0 Å². The van der Waals surface area contributed by atoms with Crippen LogP contribution in [0, 0.1) is 5.82 Å². The zero-order valence-corrected chi connectivity index (χ0v) is 14.2. The highest BCUT2D eigenvalue weighted by molar-refractivity contribution is 5.96. The molecule has 1 N–H and O–H groups in total. The van der Waals surface area contributed by atoms with Crippen molar-refractivity contribution in [3.05, 3.63) is 59.9 Å². The van der Waals surface area contributed by atoms with Crippen molar-refractivity contribution in [2.45, 2.75) is 13.8 Å². The summed E-state index contributed by atoms with van der Waals surface area (Å²) in [5, 5.41) is 9.98. The standard InChI is InChI=1S/C20H19FN2O2/c1-3-23(4-2)18-12-15-11-14(20(24)25)7-10-17(15)22-19(18)13-5-8-16(21)9-6-13/h5-12H,3-4H2,1-2H3,(H,24,25). The van der Waals surface area contributed by atoms with Gasteiger partial charge in [-0.2, -0.15) is 0 Å². The molecule has 3 aromatic rings. The van der Waals surface area contributed by atoms with E-state index in [1.54, 1.807) is 30.3 Å². The van der Waals surface area contributed by atoms with Gasteiger partial charge in [0, 0.05) is 24.0 Å². The molecule has 3 rings (SSSR count). The van der Waals surface area contributed by atoms with Gasteiger partial charge in [-0.25, -0.2) is 14.2 Å². The number of hydrogen-bond acceptors (Lipinski definition) is 3. The Hall–Kier alpha value is -2.95. The predicted molar refractivity (Wildman–Crippen MR) is 97.7 cm³/mol. The average molecular weight is 338 g/mol. The van der Waals surface area contributed by atoms with Gasteiger partial charge in [-0.1, -0.05) is 0 Å². The maximum atomic E-state index is 13.3. The number of benzene rings is 2. The maximum absolute atomic E-state index is 13.3. The maximum Gasteiger partial charge on any atom is 0.335 e. The van der Waals surface area contributed by atoms with E-state index >= 15 is 0 Å². The highest BCUT2D eigenvalue weighted by Crippen LogP contribution is 2.32. The van der Waals surface area contributed by atoms with E-state index in [4.69, 9.17) is 4.98 Å². The second kappa shape index (κ2) is 6.89. The number of aromatic nitrogens is 1. The van der Waals surface area contributed by atoms with E-state index in [1.165, 1.54) is 12.1 Å². The molecule has 4 nitrogen and oxygen atoms in total. The van der Waals surface area contributed by atoms with Crippen molar-refractivity contribution in [3.8, 4) is 11.3 Å². The molecule has 0 unspecified atom stereocenters. The van der Waals surface area contributed by atoms with E-state index in [2.05, 4.69) is 18.7 Å². The van der Waals surface area contributed by atoms with Crippen LogP contribution < -0.4 is 4.90 Å². The summed E-state index contributed by atoms with van der Waals surface area (Å²) in [7, 11) is 0. The van der Waals surface area contributed by atoms with Crippen molar-refractivity contribution in [2.24, 2.45) is 0 Å². The van der Waals surface area contributed by atoms with Crippen molar-refractivity contribution < 1.29 is 14.3 Å². The van der Waals surface area contributed by atoms with E-state index in [9.17, 15) is 14.3 Å². The second-order valence-electron chi connectivity index (χ2n) is 5.75. The fraction of sp³-hybridized carbons (Fsp3) is 0.200. The first-order valence-corrected chi connectivity index (χ1v) is 8.22.